The van der Waals surface area contributed by atoms with Crippen LogP contribution in [0.1, 0.15) is 79.1 Å². The molecule has 0 unspecified atom stereocenters. The molecule has 202 valence electrons. The highest BCUT2D eigenvalue weighted by atomic mass is 79.9. The molecule has 0 bridgehead atoms. The monoisotopic (exact) mass is 583 g/mol. The van der Waals surface area contributed by atoms with Gasteiger partial charge in [0.15, 0.2) is 0 Å². The summed E-state index contributed by atoms with van der Waals surface area (Å²) in [5.74, 6) is -0.623. The van der Waals surface area contributed by atoms with E-state index in [0.717, 1.165) is 27.5 Å². The van der Waals surface area contributed by atoms with Crippen LogP contribution in [0.5, 0.6) is 0 Å². The van der Waals surface area contributed by atoms with Crippen molar-refractivity contribution in [1.82, 2.24) is 4.57 Å². The van der Waals surface area contributed by atoms with Gasteiger partial charge in [0.05, 0.1) is 29.9 Å². The highest BCUT2D eigenvalue weighted by Crippen LogP contribution is 2.32. The molecule has 1 aliphatic carbocycles. The Morgan fingerprint density at radius 2 is 1.50 bits per heavy atom. The normalized spacial score (nSPS) is 12.3. The number of aromatic nitrogens is 1. The third kappa shape index (κ3) is 6.72. The van der Waals surface area contributed by atoms with Gasteiger partial charge in [0.2, 0.25) is 0 Å². The maximum Gasteiger partial charge on any atom is 0.419 e. The first-order valence-electron chi connectivity index (χ1n) is 12.5. The summed E-state index contributed by atoms with van der Waals surface area (Å²) >= 11 is 3.49. The van der Waals surface area contributed by atoms with E-state index in [1.165, 1.54) is 15.7 Å². The molecule has 3 aromatic rings. The van der Waals surface area contributed by atoms with E-state index in [1.807, 2.05) is 52.8 Å². The number of carbonyl (C=O) groups excluding carboxylic acids is 3. The van der Waals surface area contributed by atoms with Crippen molar-refractivity contribution < 1.29 is 28.6 Å². The van der Waals surface area contributed by atoms with Gasteiger partial charge in [-0.15, -0.1) is 0 Å². The largest absolute Gasteiger partial charge is 0.462 e. The Morgan fingerprint density at radius 1 is 0.921 bits per heavy atom. The van der Waals surface area contributed by atoms with Crippen molar-refractivity contribution in [3.8, 4) is 0 Å². The smallest absolute Gasteiger partial charge is 0.419 e. The maximum absolute atomic E-state index is 12.5. The Morgan fingerprint density at radius 3 is 2.08 bits per heavy atom. The van der Waals surface area contributed by atoms with E-state index in [0.29, 0.717) is 29.9 Å². The summed E-state index contributed by atoms with van der Waals surface area (Å²) in [6.07, 6.45) is 2.67. The van der Waals surface area contributed by atoms with E-state index >= 15 is 0 Å². The van der Waals surface area contributed by atoms with Crippen molar-refractivity contribution in [2.75, 3.05) is 13.2 Å². The predicted octanol–water partition coefficient (Wildman–Crippen LogP) is 7.49. The molecule has 0 saturated heterocycles. The SMILES string of the molecule is CCOC(=O)c1ccc2c(c1)C=C(C)C2.CCOC(=O)c1ccc2c(c1)c(Br)c(C)n2C(=O)OC(C)(C)C. The third-order valence-electron chi connectivity index (χ3n) is 5.74. The molecule has 0 amide bonds. The summed E-state index contributed by atoms with van der Waals surface area (Å²) in [6.45, 7) is 13.7. The molecule has 0 spiro atoms. The van der Waals surface area contributed by atoms with Crippen LogP contribution in [0.15, 0.2) is 46.4 Å². The Hall–Kier alpha value is -3.39. The van der Waals surface area contributed by atoms with Crippen molar-refractivity contribution in [1.29, 1.82) is 0 Å². The molecule has 7 nitrogen and oxygen atoms in total. The van der Waals surface area contributed by atoms with E-state index < -0.39 is 11.7 Å². The van der Waals surface area contributed by atoms with Crippen molar-refractivity contribution in [3.63, 3.8) is 0 Å². The minimum atomic E-state index is -0.586. The lowest BCUT2D eigenvalue weighted by atomic mass is 10.1. The second kappa shape index (κ2) is 12.0. The number of nitrogens with zero attached hydrogens (tertiary/aromatic N) is 1. The number of fused-ring (bicyclic) bond motifs is 2. The van der Waals surface area contributed by atoms with E-state index in [2.05, 4.69) is 28.9 Å². The average molecular weight is 585 g/mol. The number of hydrogen-bond donors (Lipinski definition) is 0. The molecule has 0 aliphatic heterocycles. The van der Waals surface area contributed by atoms with E-state index in [4.69, 9.17) is 14.2 Å². The van der Waals surface area contributed by atoms with Crippen LogP contribution >= 0.6 is 15.9 Å². The molecule has 1 aromatic heterocycles. The van der Waals surface area contributed by atoms with Crippen LogP contribution in [0.25, 0.3) is 17.0 Å². The standard InChI is InChI=1S/C17H20BrNO4.C13H14O2/c1-6-22-15(20)11-7-8-13-12(9-11)14(18)10(2)19(13)16(21)23-17(3,4)5;1-3-15-13(14)11-5-4-10-6-9(2)7-12(10)8-11/h7-9H,6H2,1-5H3;4-5,7-8H,3,6H2,1-2H3. The van der Waals surface area contributed by atoms with Gasteiger partial charge in [-0.25, -0.2) is 19.0 Å². The summed E-state index contributed by atoms with van der Waals surface area (Å²) in [6, 6.07) is 10.8. The lowest BCUT2D eigenvalue weighted by Crippen LogP contribution is -2.27. The van der Waals surface area contributed by atoms with Gasteiger partial charge in [-0.3, -0.25) is 0 Å². The zero-order valence-corrected chi connectivity index (χ0v) is 24.5. The highest BCUT2D eigenvalue weighted by Gasteiger charge is 2.24. The van der Waals surface area contributed by atoms with Gasteiger partial charge in [0.1, 0.15) is 5.60 Å². The van der Waals surface area contributed by atoms with Gasteiger partial charge in [-0.1, -0.05) is 17.7 Å². The van der Waals surface area contributed by atoms with Gasteiger partial charge in [0.25, 0.3) is 0 Å². The lowest BCUT2D eigenvalue weighted by Gasteiger charge is -2.20. The third-order valence-corrected chi connectivity index (χ3v) is 6.74. The highest BCUT2D eigenvalue weighted by molar-refractivity contribution is 9.10. The van der Waals surface area contributed by atoms with Gasteiger partial charge in [-0.05, 0) is 112 Å². The number of rotatable bonds is 4. The fraction of sp³-hybridized carbons (Fsp3) is 0.367. The van der Waals surface area contributed by atoms with Crippen LogP contribution in [-0.2, 0) is 20.6 Å². The molecular weight excluding hydrogens is 550 g/mol. The van der Waals surface area contributed by atoms with E-state index in [1.54, 1.807) is 25.1 Å². The van der Waals surface area contributed by atoms with Crippen LogP contribution in [-0.4, -0.2) is 41.4 Å². The molecule has 4 rings (SSSR count). The Bertz CT molecular complexity index is 1410. The van der Waals surface area contributed by atoms with Gasteiger partial charge in [-0.2, -0.15) is 0 Å². The van der Waals surface area contributed by atoms with Gasteiger partial charge < -0.3 is 14.2 Å². The topological polar surface area (TPSA) is 83.8 Å². The number of allylic oxidation sites excluding steroid dienone is 1. The first-order valence-corrected chi connectivity index (χ1v) is 13.3. The maximum atomic E-state index is 12.5. The quantitative estimate of drug-likeness (QED) is 0.233. The molecule has 0 N–H and O–H groups in total. The Labute approximate surface area is 231 Å². The predicted molar refractivity (Wildman–Crippen MR) is 152 cm³/mol. The Balaban J connectivity index is 0.000000230. The minimum Gasteiger partial charge on any atom is -0.462 e. The number of ether oxygens (including phenoxy) is 3. The van der Waals surface area contributed by atoms with Gasteiger partial charge >= 0.3 is 18.0 Å². The minimum absolute atomic E-state index is 0.238. The second-order valence-corrected chi connectivity index (χ2v) is 10.8. The zero-order chi connectivity index (χ0) is 28.2. The molecule has 38 heavy (non-hydrogen) atoms. The van der Waals surface area contributed by atoms with Crippen molar-refractivity contribution >= 4 is 50.9 Å². The first-order chi connectivity index (χ1) is 17.9. The van der Waals surface area contributed by atoms with E-state index in [9.17, 15) is 14.4 Å². The summed E-state index contributed by atoms with van der Waals surface area (Å²) in [7, 11) is 0. The van der Waals surface area contributed by atoms with Crippen LogP contribution < -0.4 is 0 Å². The summed E-state index contributed by atoms with van der Waals surface area (Å²) < 4.78 is 17.7. The molecule has 1 aliphatic rings. The van der Waals surface area contributed by atoms with Crippen LogP contribution in [0.4, 0.5) is 4.79 Å². The van der Waals surface area contributed by atoms with Crippen LogP contribution in [0.3, 0.4) is 0 Å². The van der Waals surface area contributed by atoms with Crippen molar-refractivity contribution in [2.24, 2.45) is 0 Å². The zero-order valence-electron chi connectivity index (χ0n) is 22.9. The number of halogens is 1. The molecule has 1 heterocycles. The van der Waals surface area contributed by atoms with Crippen molar-refractivity contribution in [2.45, 2.75) is 60.5 Å². The van der Waals surface area contributed by atoms with Gasteiger partial charge in [0, 0.05) is 15.6 Å². The van der Waals surface area contributed by atoms with Crippen molar-refractivity contribution in [3.05, 3.63) is 74.4 Å². The summed E-state index contributed by atoms with van der Waals surface area (Å²) in [4.78, 5) is 35.8. The number of hydrogen-bond acceptors (Lipinski definition) is 6. The van der Waals surface area contributed by atoms with Crippen LogP contribution in [0.2, 0.25) is 0 Å². The fourth-order valence-electron chi connectivity index (χ4n) is 4.11. The van der Waals surface area contributed by atoms with E-state index in [-0.39, 0.29) is 11.9 Å². The summed E-state index contributed by atoms with van der Waals surface area (Å²) in [5.41, 5.74) is 5.68. The Kier molecular flexibility index (Phi) is 9.20. The van der Waals surface area contributed by atoms with Crippen LogP contribution in [0, 0.1) is 6.92 Å². The molecule has 0 radical (unpaired) electrons. The molecule has 2 aromatic carbocycles. The number of benzene rings is 2. The first kappa shape index (κ1) is 29.2. The molecular formula is C30H34BrNO6. The fourth-order valence-corrected chi connectivity index (χ4v) is 4.61. The molecule has 0 fully saturated rings. The number of esters is 2. The number of carbonyl (C=O) groups is 3. The molecule has 0 saturated carbocycles. The lowest BCUT2D eigenvalue weighted by molar-refractivity contribution is 0.0516. The molecule has 0 atom stereocenters. The second-order valence-electron chi connectivity index (χ2n) is 9.97. The molecule has 8 heteroatoms. The summed E-state index contributed by atoms with van der Waals surface area (Å²) in [5, 5.41) is 0.763. The average Bonchev–Trinajstić information content (AvgIpc) is 3.33.